The summed E-state index contributed by atoms with van der Waals surface area (Å²) >= 11 is 0. The molecule has 0 aromatic heterocycles. The number of hydrogen-bond acceptors (Lipinski definition) is 4. The van der Waals surface area contributed by atoms with Crippen molar-refractivity contribution < 1.29 is 27.4 Å². The van der Waals surface area contributed by atoms with E-state index in [1.165, 1.54) is 36.4 Å². The van der Waals surface area contributed by atoms with Crippen molar-refractivity contribution in [1.82, 2.24) is 4.90 Å². The molecule has 2 aromatic carbocycles. The lowest BCUT2D eigenvalue weighted by atomic mass is 10.1. The van der Waals surface area contributed by atoms with E-state index < -0.39 is 17.8 Å². The average molecular weight is 398 g/mol. The largest absolute Gasteiger partial charge is 0.491 e. The summed E-state index contributed by atoms with van der Waals surface area (Å²) in [6.07, 6.45) is -5.07. The second-order valence-electron chi connectivity index (χ2n) is 6.75. The minimum Gasteiger partial charge on any atom is -0.491 e. The number of aliphatic hydroxyl groups excluding tert-OH is 1. The van der Waals surface area contributed by atoms with E-state index >= 15 is 0 Å². The summed E-state index contributed by atoms with van der Waals surface area (Å²) in [6, 6.07) is 10.9. The first-order valence-electron chi connectivity index (χ1n) is 9.02. The summed E-state index contributed by atoms with van der Waals surface area (Å²) in [7, 11) is 0. The Hall–Kier alpha value is -2.32. The molecule has 1 saturated heterocycles. The standard InChI is InChI=1S/C20H22F4N2O2/c21-16-4-6-19(7-5-16)28-14-18(27)13-25-8-10-26(11-9-25)17-3-1-2-15(12-17)20(22,23)24/h1-7,12,18,27H,8-11,13-14H2/t18-/m1/s1. The van der Waals surface area contributed by atoms with Crippen molar-refractivity contribution in [3.8, 4) is 5.75 Å². The molecular weight excluding hydrogens is 376 g/mol. The van der Waals surface area contributed by atoms with Gasteiger partial charge in [0, 0.05) is 38.4 Å². The highest BCUT2D eigenvalue weighted by Crippen LogP contribution is 2.31. The molecule has 1 aliphatic heterocycles. The van der Waals surface area contributed by atoms with Gasteiger partial charge in [0.2, 0.25) is 0 Å². The minimum atomic E-state index is -4.35. The molecule has 1 N–H and O–H groups in total. The van der Waals surface area contributed by atoms with Crippen LogP contribution in [0.4, 0.5) is 23.2 Å². The van der Waals surface area contributed by atoms with Gasteiger partial charge < -0.3 is 14.7 Å². The Kier molecular flexibility index (Phi) is 6.41. The van der Waals surface area contributed by atoms with Gasteiger partial charge in [0.1, 0.15) is 24.3 Å². The predicted molar refractivity (Wildman–Crippen MR) is 98.0 cm³/mol. The Balaban J connectivity index is 1.45. The zero-order chi connectivity index (χ0) is 20.1. The van der Waals surface area contributed by atoms with Crippen LogP contribution in [-0.4, -0.2) is 55.4 Å². The second kappa shape index (κ2) is 8.79. The number of nitrogens with zero attached hydrogens (tertiary/aromatic N) is 2. The van der Waals surface area contributed by atoms with Crippen LogP contribution in [0.2, 0.25) is 0 Å². The molecule has 0 aliphatic carbocycles. The van der Waals surface area contributed by atoms with Crippen LogP contribution in [0.25, 0.3) is 0 Å². The summed E-state index contributed by atoms with van der Waals surface area (Å²) in [6.45, 7) is 2.89. The lowest BCUT2D eigenvalue weighted by Crippen LogP contribution is -2.49. The molecule has 4 nitrogen and oxygen atoms in total. The zero-order valence-electron chi connectivity index (χ0n) is 15.2. The molecule has 152 valence electrons. The fourth-order valence-corrected chi connectivity index (χ4v) is 3.14. The van der Waals surface area contributed by atoms with Crippen molar-refractivity contribution in [2.75, 3.05) is 44.2 Å². The van der Waals surface area contributed by atoms with Crippen LogP contribution in [0.1, 0.15) is 5.56 Å². The number of alkyl halides is 3. The number of ether oxygens (including phenoxy) is 1. The molecular formula is C20H22F4N2O2. The third-order valence-corrected chi connectivity index (χ3v) is 4.64. The molecule has 28 heavy (non-hydrogen) atoms. The summed E-state index contributed by atoms with van der Waals surface area (Å²) < 4.78 is 56.9. The maximum absolute atomic E-state index is 12.9. The van der Waals surface area contributed by atoms with E-state index in [0.29, 0.717) is 44.2 Å². The molecule has 2 aromatic rings. The smallest absolute Gasteiger partial charge is 0.416 e. The summed E-state index contributed by atoms with van der Waals surface area (Å²) in [5.74, 6) is 0.126. The van der Waals surface area contributed by atoms with Gasteiger partial charge in [-0.05, 0) is 42.5 Å². The molecule has 8 heteroatoms. The SMILES string of the molecule is O[C@@H](COc1ccc(F)cc1)CN1CCN(c2cccc(C(F)(F)F)c2)CC1. The molecule has 1 atom stereocenters. The van der Waals surface area contributed by atoms with Crippen molar-refractivity contribution in [2.24, 2.45) is 0 Å². The fraction of sp³-hybridized carbons (Fsp3) is 0.400. The van der Waals surface area contributed by atoms with Crippen molar-refractivity contribution in [2.45, 2.75) is 12.3 Å². The number of halogens is 4. The number of piperazine rings is 1. The molecule has 1 heterocycles. The maximum Gasteiger partial charge on any atom is 0.416 e. The van der Waals surface area contributed by atoms with Gasteiger partial charge in [0.25, 0.3) is 0 Å². The topological polar surface area (TPSA) is 35.9 Å². The van der Waals surface area contributed by atoms with E-state index in [4.69, 9.17) is 4.74 Å². The van der Waals surface area contributed by atoms with Crippen molar-refractivity contribution >= 4 is 5.69 Å². The molecule has 0 saturated carbocycles. The van der Waals surface area contributed by atoms with Crippen LogP contribution in [-0.2, 0) is 6.18 Å². The zero-order valence-corrected chi connectivity index (χ0v) is 15.2. The van der Waals surface area contributed by atoms with Gasteiger partial charge in [-0.25, -0.2) is 4.39 Å². The molecule has 3 rings (SSSR count). The Morgan fingerprint density at radius 2 is 1.68 bits per heavy atom. The predicted octanol–water partition coefficient (Wildman–Crippen LogP) is 3.41. The molecule has 0 bridgehead atoms. The number of aliphatic hydroxyl groups is 1. The first kappa shape index (κ1) is 20.4. The molecule has 0 radical (unpaired) electrons. The van der Waals surface area contributed by atoms with E-state index in [0.717, 1.165) is 6.07 Å². The molecule has 0 unspecified atom stereocenters. The molecule has 1 fully saturated rings. The highest BCUT2D eigenvalue weighted by molar-refractivity contribution is 5.49. The highest BCUT2D eigenvalue weighted by atomic mass is 19.4. The number of rotatable bonds is 6. The Labute approximate surface area is 160 Å². The minimum absolute atomic E-state index is 0.0828. The van der Waals surface area contributed by atoms with Crippen molar-refractivity contribution in [3.63, 3.8) is 0 Å². The first-order chi connectivity index (χ1) is 13.3. The van der Waals surface area contributed by atoms with Crippen LogP contribution in [0.3, 0.4) is 0 Å². The second-order valence-corrected chi connectivity index (χ2v) is 6.75. The molecule has 0 amide bonds. The van der Waals surface area contributed by atoms with Crippen molar-refractivity contribution in [3.05, 3.63) is 59.9 Å². The molecule has 0 spiro atoms. The first-order valence-corrected chi connectivity index (χ1v) is 9.02. The van der Waals surface area contributed by atoms with E-state index in [1.54, 1.807) is 6.07 Å². The van der Waals surface area contributed by atoms with Gasteiger partial charge in [-0.3, -0.25) is 4.90 Å². The number of anilines is 1. The third-order valence-electron chi connectivity index (χ3n) is 4.64. The van der Waals surface area contributed by atoms with E-state index in [9.17, 15) is 22.7 Å². The van der Waals surface area contributed by atoms with Gasteiger partial charge >= 0.3 is 6.18 Å². The Bertz CT molecular complexity index is 760. The average Bonchev–Trinajstić information content (AvgIpc) is 2.68. The van der Waals surface area contributed by atoms with E-state index in [2.05, 4.69) is 0 Å². The number of benzene rings is 2. The number of β-amino-alcohol motifs (C(OH)–C–C–N with tert-alkyl or cyclic N) is 1. The van der Waals surface area contributed by atoms with Crippen LogP contribution in [0.5, 0.6) is 5.75 Å². The van der Waals surface area contributed by atoms with Gasteiger partial charge in [-0.15, -0.1) is 0 Å². The fourth-order valence-electron chi connectivity index (χ4n) is 3.14. The quantitative estimate of drug-likeness (QED) is 0.757. The Morgan fingerprint density at radius 1 is 1.00 bits per heavy atom. The van der Waals surface area contributed by atoms with Gasteiger partial charge in [-0.2, -0.15) is 13.2 Å². The van der Waals surface area contributed by atoms with Gasteiger partial charge in [0.15, 0.2) is 0 Å². The summed E-state index contributed by atoms with van der Waals surface area (Å²) in [4.78, 5) is 3.95. The lowest BCUT2D eigenvalue weighted by molar-refractivity contribution is -0.137. The van der Waals surface area contributed by atoms with Crippen LogP contribution >= 0.6 is 0 Å². The summed E-state index contributed by atoms with van der Waals surface area (Å²) in [5, 5.41) is 10.1. The van der Waals surface area contributed by atoms with E-state index in [-0.39, 0.29) is 12.4 Å². The van der Waals surface area contributed by atoms with Crippen LogP contribution < -0.4 is 9.64 Å². The Morgan fingerprint density at radius 3 is 2.32 bits per heavy atom. The molecule has 1 aliphatic rings. The highest BCUT2D eigenvalue weighted by Gasteiger charge is 2.31. The van der Waals surface area contributed by atoms with E-state index in [1.807, 2.05) is 9.80 Å². The summed E-state index contributed by atoms with van der Waals surface area (Å²) in [5.41, 5.74) is -0.101. The monoisotopic (exact) mass is 398 g/mol. The van der Waals surface area contributed by atoms with Crippen molar-refractivity contribution in [1.29, 1.82) is 0 Å². The van der Waals surface area contributed by atoms with Gasteiger partial charge in [-0.1, -0.05) is 6.07 Å². The van der Waals surface area contributed by atoms with Crippen LogP contribution in [0.15, 0.2) is 48.5 Å². The lowest BCUT2D eigenvalue weighted by Gasteiger charge is -2.37. The maximum atomic E-state index is 12.9. The third kappa shape index (κ3) is 5.59. The number of hydrogen-bond donors (Lipinski definition) is 1. The normalized spacial score (nSPS) is 16.8. The van der Waals surface area contributed by atoms with Crippen LogP contribution in [0, 0.1) is 5.82 Å². The van der Waals surface area contributed by atoms with Gasteiger partial charge in [0.05, 0.1) is 5.56 Å².